The molecule has 0 bridgehead atoms. The van der Waals surface area contributed by atoms with E-state index in [0.29, 0.717) is 31.9 Å². The quantitative estimate of drug-likeness (QED) is 0.260. The van der Waals surface area contributed by atoms with Gasteiger partial charge in [0.2, 0.25) is 10.0 Å². The maximum Gasteiger partial charge on any atom is 0.292 e. The van der Waals surface area contributed by atoms with Crippen LogP contribution in [0.3, 0.4) is 0 Å². The van der Waals surface area contributed by atoms with E-state index in [1.165, 1.54) is 10.4 Å². The van der Waals surface area contributed by atoms with Crippen molar-refractivity contribution in [2.45, 2.75) is 17.9 Å². The van der Waals surface area contributed by atoms with Crippen molar-refractivity contribution in [3.63, 3.8) is 0 Å². The summed E-state index contributed by atoms with van der Waals surface area (Å²) in [7, 11) is -3.63. The van der Waals surface area contributed by atoms with Gasteiger partial charge in [0, 0.05) is 44.0 Å². The molecule has 0 unspecified atom stereocenters. The third kappa shape index (κ3) is 5.14. The lowest BCUT2D eigenvalue weighted by molar-refractivity contribution is -0.384. The smallest absolute Gasteiger partial charge is 0.292 e. The Labute approximate surface area is 216 Å². The van der Waals surface area contributed by atoms with Gasteiger partial charge >= 0.3 is 0 Å². The van der Waals surface area contributed by atoms with E-state index in [1.807, 2.05) is 67.6 Å². The fourth-order valence-electron chi connectivity index (χ4n) is 4.72. The van der Waals surface area contributed by atoms with E-state index in [2.05, 4.69) is 10.2 Å². The van der Waals surface area contributed by atoms with Crippen LogP contribution in [0.15, 0.2) is 95.9 Å². The predicted octanol–water partition coefficient (Wildman–Crippen LogP) is 5.43. The van der Waals surface area contributed by atoms with Gasteiger partial charge in [-0.2, -0.15) is 4.31 Å². The van der Waals surface area contributed by atoms with Crippen LogP contribution in [0.5, 0.6) is 0 Å². The van der Waals surface area contributed by atoms with Crippen molar-refractivity contribution in [3.8, 4) is 0 Å². The third-order valence-corrected chi connectivity index (χ3v) is 8.71. The SMILES string of the molecule is C[C@H](Nc1cc(N2CCN(S(=O)(=O)c3ccc4ccccc4c3)CC2)ccc1[N+](=O)[O-])c1ccccc1. The lowest BCUT2D eigenvalue weighted by Gasteiger charge is -2.35. The summed E-state index contributed by atoms with van der Waals surface area (Å²) >= 11 is 0. The Morgan fingerprint density at radius 1 is 0.838 bits per heavy atom. The molecule has 4 aromatic carbocycles. The summed E-state index contributed by atoms with van der Waals surface area (Å²) in [5, 5.41) is 16.8. The van der Waals surface area contributed by atoms with E-state index in [4.69, 9.17) is 0 Å². The van der Waals surface area contributed by atoms with Gasteiger partial charge in [0.15, 0.2) is 0 Å². The molecule has 190 valence electrons. The van der Waals surface area contributed by atoms with Crippen LogP contribution in [-0.4, -0.2) is 43.8 Å². The predicted molar refractivity (Wildman–Crippen MR) is 146 cm³/mol. The molecule has 1 aliphatic rings. The molecule has 9 heteroatoms. The topological polar surface area (TPSA) is 95.8 Å². The number of rotatable bonds is 7. The molecule has 0 spiro atoms. The minimum absolute atomic E-state index is 0.00375. The maximum atomic E-state index is 13.3. The Morgan fingerprint density at radius 2 is 1.51 bits per heavy atom. The molecule has 37 heavy (non-hydrogen) atoms. The molecule has 1 fully saturated rings. The van der Waals surface area contributed by atoms with E-state index in [1.54, 1.807) is 24.3 Å². The Balaban J connectivity index is 1.32. The maximum absolute atomic E-state index is 13.3. The minimum Gasteiger partial charge on any atom is -0.373 e. The molecule has 1 heterocycles. The second-order valence-electron chi connectivity index (χ2n) is 9.14. The number of nitro benzene ring substituents is 1. The summed E-state index contributed by atoms with van der Waals surface area (Å²) in [6.45, 7) is 3.59. The van der Waals surface area contributed by atoms with Crippen molar-refractivity contribution < 1.29 is 13.3 Å². The Kier molecular flexibility index (Phi) is 6.82. The number of hydrogen-bond acceptors (Lipinski definition) is 6. The van der Waals surface area contributed by atoms with Gasteiger partial charge in [-0.15, -0.1) is 0 Å². The first-order chi connectivity index (χ1) is 17.8. The molecule has 0 amide bonds. The summed E-state index contributed by atoms with van der Waals surface area (Å²) in [5.41, 5.74) is 2.28. The van der Waals surface area contributed by atoms with E-state index in [0.717, 1.165) is 22.0 Å². The highest BCUT2D eigenvalue weighted by Gasteiger charge is 2.29. The molecule has 0 aromatic heterocycles. The number of benzene rings is 4. The first kappa shape index (κ1) is 24.7. The second-order valence-corrected chi connectivity index (χ2v) is 11.1. The van der Waals surface area contributed by atoms with Crippen LogP contribution in [0.2, 0.25) is 0 Å². The highest BCUT2D eigenvalue weighted by atomic mass is 32.2. The monoisotopic (exact) mass is 516 g/mol. The van der Waals surface area contributed by atoms with Gasteiger partial charge < -0.3 is 10.2 Å². The summed E-state index contributed by atoms with van der Waals surface area (Å²) in [5.74, 6) is 0. The van der Waals surface area contributed by atoms with Gasteiger partial charge in [0.25, 0.3) is 5.69 Å². The molecular weight excluding hydrogens is 488 g/mol. The van der Waals surface area contributed by atoms with Gasteiger partial charge in [-0.25, -0.2) is 8.42 Å². The summed E-state index contributed by atoms with van der Waals surface area (Å²) in [6.07, 6.45) is 0. The molecular formula is C28H28N4O4S. The Bertz CT molecular complexity index is 1530. The second kappa shape index (κ2) is 10.2. The number of fused-ring (bicyclic) bond motifs is 1. The average Bonchev–Trinajstić information content (AvgIpc) is 2.93. The Hall–Kier alpha value is -3.95. The van der Waals surface area contributed by atoms with Crippen LogP contribution < -0.4 is 10.2 Å². The van der Waals surface area contributed by atoms with E-state index in [-0.39, 0.29) is 16.6 Å². The molecule has 1 N–H and O–H groups in total. The number of anilines is 2. The van der Waals surface area contributed by atoms with Crippen LogP contribution in [-0.2, 0) is 10.0 Å². The fourth-order valence-corrected chi connectivity index (χ4v) is 6.18. The standard InChI is InChI=1S/C28H28N4O4S/c1-21(22-7-3-2-4-8-22)29-27-20-25(12-14-28(27)32(33)34)30-15-17-31(18-16-30)37(35,36)26-13-11-23-9-5-6-10-24(23)19-26/h2-14,19-21,29H,15-18H2,1H3/t21-/m0/s1. The molecule has 0 radical (unpaired) electrons. The number of nitrogens with zero attached hydrogens (tertiary/aromatic N) is 3. The van der Waals surface area contributed by atoms with Crippen molar-refractivity contribution in [1.29, 1.82) is 0 Å². The molecule has 0 aliphatic carbocycles. The van der Waals surface area contributed by atoms with Gasteiger partial charge in [0.05, 0.1) is 9.82 Å². The van der Waals surface area contributed by atoms with Gasteiger partial charge in [0.1, 0.15) is 5.69 Å². The largest absolute Gasteiger partial charge is 0.373 e. The van der Waals surface area contributed by atoms with Crippen LogP contribution in [0.25, 0.3) is 10.8 Å². The number of hydrogen-bond donors (Lipinski definition) is 1. The van der Waals surface area contributed by atoms with Crippen LogP contribution in [0.1, 0.15) is 18.5 Å². The van der Waals surface area contributed by atoms with E-state index < -0.39 is 14.9 Å². The van der Waals surface area contributed by atoms with Crippen LogP contribution in [0.4, 0.5) is 17.1 Å². The number of nitrogens with one attached hydrogen (secondary N) is 1. The van der Waals surface area contributed by atoms with Gasteiger partial charge in [-0.05, 0) is 47.5 Å². The first-order valence-corrected chi connectivity index (χ1v) is 13.6. The highest BCUT2D eigenvalue weighted by Crippen LogP contribution is 2.33. The van der Waals surface area contributed by atoms with Gasteiger partial charge in [-0.1, -0.05) is 60.7 Å². The van der Waals surface area contributed by atoms with Crippen LogP contribution in [0, 0.1) is 10.1 Å². The van der Waals surface area contributed by atoms with Gasteiger partial charge in [-0.3, -0.25) is 10.1 Å². The third-order valence-electron chi connectivity index (χ3n) is 6.81. The van der Waals surface area contributed by atoms with E-state index in [9.17, 15) is 18.5 Å². The van der Waals surface area contributed by atoms with Crippen LogP contribution >= 0.6 is 0 Å². The van der Waals surface area contributed by atoms with Crippen molar-refractivity contribution in [2.75, 3.05) is 36.4 Å². The normalized spacial score (nSPS) is 15.4. The van der Waals surface area contributed by atoms with E-state index >= 15 is 0 Å². The Morgan fingerprint density at radius 3 is 2.22 bits per heavy atom. The lowest BCUT2D eigenvalue weighted by Crippen LogP contribution is -2.48. The zero-order chi connectivity index (χ0) is 26.0. The van der Waals surface area contributed by atoms with Crippen molar-refractivity contribution >= 4 is 37.9 Å². The molecule has 1 saturated heterocycles. The fraction of sp³-hybridized carbons (Fsp3) is 0.214. The molecule has 1 aliphatic heterocycles. The first-order valence-electron chi connectivity index (χ1n) is 12.2. The number of sulfonamides is 1. The molecule has 4 aromatic rings. The summed E-state index contributed by atoms with van der Waals surface area (Å²) in [6, 6.07) is 27.5. The average molecular weight is 517 g/mol. The summed E-state index contributed by atoms with van der Waals surface area (Å²) < 4.78 is 28.2. The highest BCUT2D eigenvalue weighted by molar-refractivity contribution is 7.89. The zero-order valence-electron chi connectivity index (χ0n) is 20.4. The number of nitro groups is 1. The zero-order valence-corrected chi connectivity index (χ0v) is 21.3. The number of piperazine rings is 1. The van der Waals surface area contributed by atoms with Crippen molar-refractivity contribution in [2.24, 2.45) is 0 Å². The summed E-state index contributed by atoms with van der Waals surface area (Å²) in [4.78, 5) is 13.6. The molecule has 8 nitrogen and oxygen atoms in total. The lowest BCUT2D eigenvalue weighted by atomic mass is 10.1. The van der Waals surface area contributed by atoms with Crippen molar-refractivity contribution in [3.05, 3.63) is 107 Å². The molecule has 5 rings (SSSR count). The van der Waals surface area contributed by atoms with Crippen molar-refractivity contribution in [1.82, 2.24) is 4.31 Å². The molecule has 1 atom stereocenters. The minimum atomic E-state index is -3.63. The molecule has 0 saturated carbocycles.